The zero-order chi connectivity index (χ0) is 19.6. The molecule has 0 amide bonds. The van der Waals surface area contributed by atoms with Crippen molar-refractivity contribution in [2.75, 3.05) is 31.4 Å². The summed E-state index contributed by atoms with van der Waals surface area (Å²) in [6, 6.07) is 2.31. The lowest BCUT2D eigenvalue weighted by atomic mass is 10.1. The Bertz CT molecular complexity index is 912. The van der Waals surface area contributed by atoms with E-state index in [4.69, 9.17) is 21.5 Å². The summed E-state index contributed by atoms with van der Waals surface area (Å²) in [6.45, 7) is 1.39. The fourth-order valence-electron chi connectivity index (χ4n) is 2.09. The molecule has 2 aromatic carbocycles. The third-order valence-corrected chi connectivity index (χ3v) is 5.39. The Labute approximate surface area is 156 Å². The maximum Gasteiger partial charge on any atom is 0.253 e. The number of rotatable bonds is 8. The second kappa shape index (κ2) is 8.14. The second-order valence-corrected chi connectivity index (χ2v) is 7.23. The van der Waals surface area contributed by atoms with Gasteiger partial charge in [-0.3, -0.25) is 14.4 Å². The molecule has 0 aliphatic carbocycles. The summed E-state index contributed by atoms with van der Waals surface area (Å²) in [7, 11) is 0.767. The van der Waals surface area contributed by atoms with E-state index < -0.39 is 33.6 Å². The third-order valence-electron chi connectivity index (χ3n) is 3.58. The van der Waals surface area contributed by atoms with Crippen LogP contribution in [0.15, 0.2) is 26.6 Å². The number of phenols is 1. The lowest BCUT2D eigenvalue weighted by Gasteiger charge is -2.20. The van der Waals surface area contributed by atoms with Gasteiger partial charge in [0.2, 0.25) is 0 Å². The molecular formula is C15H18ClN3O6S. The van der Waals surface area contributed by atoms with E-state index in [9.17, 15) is 18.9 Å². The molecule has 2 unspecified atom stereocenters. The van der Waals surface area contributed by atoms with Gasteiger partial charge in [-0.05, 0) is 19.1 Å². The first-order chi connectivity index (χ1) is 12.2. The van der Waals surface area contributed by atoms with E-state index in [0.717, 1.165) is 4.47 Å². The largest absolute Gasteiger partial charge is 0.504 e. The van der Waals surface area contributed by atoms with Crippen LogP contribution in [0.5, 0.6) is 5.75 Å². The third kappa shape index (κ3) is 3.74. The molecule has 0 heterocycles. The second-order valence-electron chi connectivity index (χ2n) is 5.41. The van der Waals surface area contributed by atoms with Gasteiger partial charge in [-0.1, -0.05) is 11.6 Å². The Kier molecular flexibility index (Phi) is 6.37. The summed E-state index contributed by atoms with van der Waals surface area (Å²) < 4.78 is 13.4. The number of hydrogen-bond acceptors (Lipinski definition) is 8. The summed E-state index contributed by atoms with van der Waals surface area (Å²) >= 11 is 6.01. The number of hydrogen-bond donors (Lipinski definition) is 4. The maximum absolute atomic E-state index is 12.4. The molecule has 0 spiro atoms. The van der Waals surface area contributed by atoms with Crippen LogP contribution in [0.1, 0.15) is 6.92 Å². The fourth-order valence-corrected chi connectivity index (χ4v) is 3.34. The van der Waals surface area contributed by atoms with E-state index in [0.29, 0.717) is 0 Å². The first-order valence-electron chi connectivity index (χ1n) is 7.41. The molecule has 0 bridgehead atoms. The highest BCUT2D eigenvalue weighted by Gasteiger charge is 2.26. The van der Waals surface area contributed by atoms with Gasteiger partial charge in [0.25, 0.3) is 10.9 Å². The van der Waals surface area contributed by atoms with Gasteiger partial charge < -0.3 is 20.8 Å². The monoisotopic (exact) mass is 403 g/mol. The summed E-state index contributed by atoms with van der Waals surface area (Å²) in [5, 5.41) is 24.9. The average molecular weight is 404 g/mol. The molecule has 9 nitrogen and oxygen atoms in total. The SMILES string of the molecule is CON(C)S(=O)c1c(Cl)ccc(Nc2c(NC(C)CO)c(=O)c2=O)c1O. The minimum Gasteiger partial charge on any atom is -0.504 e. The van der Waals surface area contributed by atoms with Crippen LogP contribution in [0.4, 0.5) is 17.1 Å². The highest BCUT2D eigenvalue weighted by molar-refractivity contribution is 7.82. The zero-order valence-electron chi connectivity index (χ0n) is 14.2. The number of aliphatic hydroxyl groups excluding tert-OH is 1. The van der Waals surface area contributed by atoms with Crippen LogP contribution >= 0.6 is 11.6 Å². The number of hydroxylamine groups is 1. The van der Waals surface area contributed by atoms with Crippen LogP contribution in [0.3, 0.4) is 0 Å². The van der Waals surface area contributed by atoms with Crippen LogP contribution in [0.2, 0.25) is 5.02 Å². The molecule has 2 atom stereocenters. The van der Waals surface area contributed by atoms with Crippen molar-refractivity contribution >= 4 is 39.6 Å². The lowest BCUT2D eigenvalue weighted by Crippen LogP contribution is -2.39. The van der Waals surface area contributed by atoms with E-state index in [1.807, 2.05) is 0 Å². The molecule has 11 heteroatoms. The van der Waals surface area contributed by atoms with Crippen LogP contribution in [-0.2, 0) is 15.8 Å². The number of nitrogens with zero attached hydrogens (tertiary/aromatic N) is 1. The molecular weight excluding hydrogens is 386 g/mol. The van der Waals surface area contributed by atoms with Gasteiger partial charge in [0.15, 0.2) is 16.7 Å². The summed E-state index contributed by atoms with van der Waals surface area (Å²) in [5.74, 6) is -0.450. The number of aliphatic hydroxyl groups is 1. The average Bonchev–Trinajstić information content (AvgIpc) is 2.64. The molecule has 0 radical (unpaired) electrons. The van der Waals surface area contributed by atoms with E-state index >= 15 is 0 Å². The molecule has 0 saturated carbocycles. The number of halogens is 1. The van der Waals surface area contributed by atoms with Crippen molar-refractivity contribution < 1.29 is 19.3 Å². The van der Waals surface area contributed by atoms with Gasteiger partial charge in [-0.25, -0.2) is 4.21 Å². The van der Waals surface area contributed by atoms with Crippen molar-refractivity contribution in [2.24, 2.45) is 0 Å². The topological polar surface area (TPSA) is 128 Å². The van der Waals surface area contributed by atoms with Crippen LogP contribution in [0.25, 0.3) is 0 Å². The van der Waals surface area contributed by atoms with Gasteiger partial charge in [0.1, 0.15) is 16.3 Å². The maximum atomic E-state index is 12.4. The van der Waals surface area contributed by atoms with Gasteiger partial charge in [0.05, 0.1) is 24.4 Å². The minimum absolute atomic E-state index is 0.00239. The predicted octanol–water partition coefficient (Wildman–Crippen LogP) is 0.694. The summed E-state index contributed by atoms with van der Waals surface area (Å²) in [4.78, 5) is 28.3. The number of phenolic OH excluding ortho intramolecular Hbond substituents is 1. The Morgan fingerprint density at radius 1 is 1.31 bits per heavy atom. The molecule has 0 aromatic heterocycles. The van der Waals surface area contributed by atoms with Gasteiger partial charge >= 0.3 is 0 Å². The van der Waals surface area contributed by atoms with Crippen LogP contribution in [-0.4, -0.2) is 45.7 Å². The van der Waals surface area contributed by atoms with Crippen molar-refractivity contribution in [3.63, 3.8) is 0 Å². The Morgan fingerprint density at radius 3 is 2.50 bits per heavy atom. The summed E-state index contributed by atoms with van der Waals surface area (Å²) in [6.07, 6.45) is 0. The quantitative estimate of drug-likeness (QED) is 0.288. The predicted molar refractivity (Wildman–Crippen MR) is 99.1 cm³/mol. The van der Waals surface area contributed by atoms with E-state index in [-0.39, 0.29) is 33.6 Å². The normalized spacial score (nSPS) is 13.8. The molecule has 0 saturated heterocycles. The van der Waals surface area contributed by atoms with Crippen molar-refractivity contribution in [2.45, 2.75) is 17.9 Å². The molecule has 2 aromatic rings. The number of anilines is 3. The fraction of sp³-hybridized carbons (Fsp3) is 0.333. The van der Waals surface area contributed by atoms with Crippen molar-refractivity contribution in [1.82, 2.24) is 4.47 Å². The highest BCUT2D eigenvalue weighted by atomic mass is 35.5. The zero-order valence-corrected chi connectivity index (χ0v) is 15.8. The van der Waals surface area contributed by atoms with Gasteiger partial charge in [0, 0.05) is 13.1 Å². The molecule has 0 aliphatic heterocycles. The van der Waals surface area contributed by atoms with Crippen molar-refractivity contribution in [3.05, 3.63) is 37.6 Å². The Morgan fingerprint density at radius 2 is 1.92 bits per heavy atom. The first-order valence-corrected chi connectivity index (χ1v) is 8.90. The van der Waals surface area contributed by atoms with Gasteiger partial charge in [-0.15, -0.1) is 4.47 Å². The molecule has 2 rings (SSSR count). The summed E-state index contributed by atoms with van der Waals surface area (Å²) in [5.41, 5.74) is -1.53. The molecule has 4 N–H and O–H groups in total. The van der Waals surface area contributed by atoms with E-state index in [2.05, 4.69) is 10.6 Å². The van der Waals surface area contributed by atoms with Crippen LogP contribution < -0.4 is 21.5 Å². The van der Waals surface area contributed by atoms with E-state index in [1.165, 1.54) is 26.3 Å². The van der Waals surface area contributed by atoms with Crippen LogP contribution in [0, 0.1) is 0 Å². The first kappa shape index (κ1) is 20.3. The standard InChI is InChI=1S/C15H18ClN3O6S/c1-7(6-20)17-10-11(14(23)13(10)22)18-9-5-4-8(16)15(12(9)21)26(24)19(2)25-3/h4-5,7,17-18,20-21H,6H2,1-3H3. The van der Waals surface area contributed by atoms with Crippen molar-refractivity contribution in [3.8, 4) is 5.75 Å². The minimum atomic E-state index is -1.92. The number of benzene rings is 1. The Balaban J connectivity index is 2.41. The van der Waals surface area contributed by atoms with Gasteiger partial charge in [-0.2, -0.15) is 0 Å². The molecule has 0 fully saturated rings. The number of aromatic hydroxyl groups is 1. The van der Waals surface area contributed by atoms with E-state index in [1.54, 1.807) is 6.92 Å². The smallest absolute Gasteiger partial charge is 0.253 e. The molecule has 142 valence electrons. The lowest BCUT2D eigenvalue weighted by molar-refractivity contribution is -0.0205. The molecule has 0 aliphatic rings. The number of nitrogens with one attached hydrogen (secondary N) is 2. The Hall–Kier alpha value is -1.98. The van der Waals surface area contributed by atoms with Crippen molar-refractivity contribution in [1.29, 1.82) is 0 Å². The molecule has 26 heavy (non-hydrogen) atoms. The highest BCUT2D eigenvalue weighted by Crippen LogP contribution is 2.38.